The van der Waals surface area contributed by atoms with Crippen molar-refractivity contribution in [2.45, 2.75) is 169 Å². The first-order valence-electron chi connectivity index (χ1n) is 27.9. The lowest BCUT2D eigenvalue weighted by Gasteiger charge is -2.35. The standard InChI is InChI=1S/C60H82Cl2N8O12/c1-35(2)27-45-57(75)79-39(9)53(71)65(11)48(30-38(7)8)60(78)82-50(32-42-17-21-44(22-18-42)34-70-26-24-52(62)64-70)56(74)68(14)46(28-36(3)4)58(76)80-40(10)54(72)66(12)47(29-37(5)6)59(77)81-49(55(73)67(45)13)31-41-15-19-43(20-16-41)33-69-25-23-51(61)63-69/h15-26,35-40,45-50H,27-34H2,1-14H3/t39-,40-,45+,46+,47+,48+,49-,50-/m1/s1. The summed E-state index contributed by atoms with van der Waals surface area (Å²) in [7, 11) is 5.52. The number of halogens is 2. The van der Waals surface area contributed by atoms with E-state index in [4.69, 9.17) is 42.1 Å². The van der Waals surface area contributed by atoms with Gasteiger partial charge in [0.2, 0.25) is 0 Å². The first-order valence-corrected chi connectivity index (χ1v) is 28.7. The van der Waals surface area contributed by atoms with E-state index in [-0.39, 0.29) is 62.2 Å². The maximum absolute atomic E-state index is 15.0. The summed E-state index contributed by atoms with van der Waals surface area (Å²) < 4.78 is 27.5. The highest BCUT2D eigenvalue weighted by Crippen LogP contribution is 2.25. The Morgan fingerprint density at radius 2 is 0.659 bits per heavy atom. The monoisotopic (exact) mass is 1180 g/mol. The van der Waals surface area contributed by atoms with Crippen molar-refractivity contribution in [3.05, 3.63) is 106 Å². The second-order valence-corrected chi connectivity index (χ2v) is 23.9. The highest BCUT2D eigenvalue weighted by molar-refractivity contribution is 6.29. The van der Waals surface area contributed by atoms with Crippen LogP contribution >= 0.6 is 23.2 Å². The van der Waals surface area contributed by atoms with Crippen LogP contribution in [0.3, 0.4) is 0 Å². The Bertz CT molecular complexity index is 2630. The summed E-state index contributed by atoms with van der Waals surface area (Å²) in [6, 6.07) is 12.5. The summed E-state index contributed by atoms with van der Waals surface area (Å²) in [5, 5.41) is 9.14. The van der Waals surface area contributed by atoms with Gasteiger partial charge in [-0.15, -0.1) is 0 Å². The topological polar surface area (TPSA) is 222 Å². The third kappa shape index (κ3) is 18.6. The minimum absolute atomic E-state index is 0.0700. The molecule has 2 aromatic carbocycles. The summed E-state index contributed by atoms with van der Waals surface area (Å²) >= 11 is 12.1. The van der Waals surface area contributed by atoms with E-state index >= 15 is 0 Å². The van der Waals surface area contributed by atoms with Crippen LogP contribution in [0.25, 0.3) is 0 Å². The zero-order valence-electron chi connectivity index (χ0n) is 49.7. The summed E-state index contributed by atoms with van der Waals surface area (Å²) in [5.74, 6) is -7.59. The Morgan fingerprint density at radius 1 is 0.402 bits per heavy atom. The van der Waals surface area contributed by atoms with Crippen LogP contribution in [0.5, 0.6) is 0 Å². The van der Waals surface area contributed by atoms with Gasteiger partial charge in [-0.25, -0.2) is 19.2 Å². The van der Waals surface area contributed by atoms with E-state index < -0.39 is 96.1 Å². The quantitative estimate of drug-likeness (QED) is 0.0785. The molecule has 0 N–H and O–H groups in total. The molecular weight excluding hydrogens is 1100 g/mol. The fourth-order valence-corrected chi connectivity index (χ4v) is 10.0. The van der Waals surface area contributed by atoms with E-state index in [2.05, 4.69) is 10.2 Å². The van der Waals surface area contributed by atoms with Crippen LogP contribution in [0.15, 0.2) is 73.1 Å². The summed E-state index contributed by atoms with van der Waals surface area (Å²) in [6.45, 7) is 18.2. The molecule has 0 aliphatic carbocycles. The van der Waals surface area contributed by atoms with Crippen molar-refractivity contribution in [1.29, 1.82) is 0 Å². The zero-order chi connectivity index (χ0) is 60.9. The zero-order valence-corrected chi connectivity index (χ0v) is 51.3. The molecule has 448 valence electrons. The number of rotatable bonds is 16. The maximum atomic E-state index is 15.0. The lowest BCUT2D eigenvalue weighted by Crippen LogP contribution is -2.55. The molecule has 0 radical (unpaired) electrons. The number of hydrogen-bond acceptors (Lipinski definition) is 14. The van der Waals surface area contributed by atoms with Crippen LogP contribution in [0, 0.1) is 23.7 Å². The SMILES string of the molecule is CC(C)C[C@H]1C(=O)O[C@H](Cc2ccc(Cn3ccc(Cl)n3)cc2)C(=O)N(C)[C@@H](CC(C)C)C(=O)O[C@H](C)C(=O)N(C)[C@@H](CC(C)C)C(=O)O[C@H](Cc2ccc(Cn3ccc(Cl)n3)cc2)C(=O)N(C)[C@@H](CC(C)C)C(=O)O[C@H](C)C(=O)N1C. The van der Waals surface area contributed by atoms with Crippen molar-refractivity contribution in [3.63, 3.8) is 0 Å². The van der Waals surface area contributed by atoms with Gasteiger partial charge in [-0.05, 0) is 97.6 Å². The molecule has 0 unspecified atom stereocenters. The van der Waals surface area contributed by atoms with Crippen molar-refractivity contribution in [3.8, 4) is 0 Å². The molecule has 5 rings (SSSR count). The van der Waals surface area contributed by atoms with E-state index in [1.54, 1.807) is 58.2 Å². The van der Waals surface area contributed by atoms with Crippen molar-refractivity contribution in [2.75, 3.05) is 28.2 Å². The minimum Gasteiger partial charge on any atom is -0.451 e. The molecule has 3 heterocycles. The van der Waals surface area contributed by atoms with Gasteiger partial charge in [-0.2, -0.15) is 10.2 Å². The van der Waals surface area contributed by atoms with Gasteiger partial charge >= 0.3 is 23.9 Å². The fraction of sp³-hybridized carbons (Fsp3) is 0.567. The molecule has 1 aliphatic rings. The summed E-state index contributed by atoms with van der Waals surface area (Å²) in [6.07, 6.45) is -2.66. The van der Waals surface area contributed by atoms with Crippen LogP contribution in [-0.2, 0) is 83.2 Å². The number of amides is 4. The van der Waals surface area contributed by atoms with Crippen LogP contribution in [0.1, 0.15) is 117 Å². The Labute approximate surface area is 492 Å². The van der Waals surface area contributed by atoms with Gasteiger partial charge in [-0.1, -0.05) is 127 Å². The second-order valence-electron chi connectivity index (χ2n) is 23.1. The lowest BCUT2D eigenvalue weighted by atomic mass is 9.99. The molecule has 4 aromatic rings. The number of nitrogens with zero attached hydrogens (tertiary/aromatic N) is 8. The number of benzene rings is 2. The van der Waals surface area contributed by atoms with Gasteiger partial charge in [-0.3, -0.25) is 28.5 Å². The van der Waals surface area contributed by atoms with Crippen LogP contribution in [-0.4, -0.2) is 163 Å². The van der Waals surface area contributed by atoms with Crippen LogP contribution < -0.4 is 0 Å². The molecule has 0 bridgehead atoms. The van der Waals surface area contributed by atoms with Crippen LogP contribution in [0.4, 0.5) is 0 Å². The van der Waals surface area contributed by atoms with Gasteiger partial charge in [0.05, 0.1) is 13.1 Å². The molecule has 1 fully saturated rings. The molecule has 82 heavy (non-hydrogen) atoms. The van der Waals surface area contributed by atoms with E-state index in [9.17, 15) is 38.4 Å². The average molecular weight is 1180 g/mol. The molecule has 0 saturated carbocycles. The fourth-order valence-electron chi connectivity index (χ4n) is 9.69. The third-order valence-electron chi connectivity index (χ3n) is 14.3. The number of ether oxygens (including phenoxy) is 4. The largest absolute Gasteiger partial charge is 0.451 e. The molecule has 22 heteroatoms. The Balaban J connectivity index is 1.59. The molecule has 20 nitrogen and oxygen atoms in total. The second kappa shape index (κ2) is 30.0. The van der Waals surface area contributed by atoms with E-state index in [1.807, 2.05) is 79.7 Å². The predicted molar refractivity (Wildman–Crippen MR) is 308 cm³/mol. The average Bonchev–Trinajstić information content (AvgIpc) is 4.20. The van der Waals surface area contributed by atoms with Crippen molar-refractivity contribution >= 4 is 70.7 Å². The molecule has 0 spiro atoms. The first-order chi connectivity index (χ1) is 38.5. The molecule has 1 aliphatic heterocycles. The first kappa shape index (κ1) is 66.0. The Hall–Kier alpha value is -6.80. The minimum atomic E-state index is -1.55. The Kier molecular flexibility index (Phi) is 24.1. The van der Waals surface area contributed by atoms with Gasteiger partial charge < -0.3 is 38.5 Å². The third-order valence-corrected chi connectivity index (χ3v) is 14.7. The molecule has 4 amide bonds. The molecule has 8 atom stereocenters. The number of cyclic esters (lactones) is 4. The normalized spacial score (nSPS) is 23.0. The van der Waals surface area contributed by atoms with E-state index in [0.29, 0.717) is 34.5 Å². The number of carbonyl (C=O) groups is 8. The smallest absolute Gasteiger partial charge is 0.329 e. The van der Waals surface area contributed by atoms with Crippen molar-refractivity contribution in [2.24, 2.45) is 23.7 Å². The van der Waals surface area contributed by atoms with Crippen molar-refractivity contribution in [1.82, 2.24) is 39.2 Å². The number of aromatic nitrogens is 4. The number of carbonyl (C=O) groups excluding carboxylic acids is 8. The van der Waals surface area contributed by atoms with E-state index in [0.717, 1.165) is 30.7 Å². The van der Waals surface area contributed by atoms with Gasteiger partial charge in [0, 0.05) is 53.4 Å². The van der Waals surface area contributed by atoms with Gasteiger partial charge in [0.1, 0.15) is 24.2 Å². The number of likely N-dealkylation sites (N-methyl/N-ethyl adjacent to an activating group) is 4. The molecular formula is C60H82Cl2N8O12. The van der Waals surface area contributed by atoms with E-state index in [1.165, 1.54) is 42.0 Å². The predicted octanol–water partition coefficient (Wildman–Crippen LogP) is 7.46. The lowest BCUT2D eigenvalue weighted by molar-refractivity contribution is -0.176. The van der Waals surface area contributed by atoms with Crippen LogP contribution in [0.2, 0.25) is 10.3 Å². The van der Waals surface area contributed by atoms with Crippen molar-refractivity contribution < 1.29 is 57.3 Å². The molecule has 2 aromatic heterocycles. The van der Waals surface area contributed by atoms with Gasteiger partial charge in [0.15, 0.2) is 34.7 Å². The number of hydrogen-bond donors (Lipinski definition) is 0. The summed E-state index contributed by atoms with van der Waals surface area (Å²) in [5.41, 5.74) is 2.90. The van der Waals surface area contributed by atoms with Gasteiger partial charge in [0.25, 0.3) is 23.6 Å². The molecule has 1 saturated heterocycles. The number of esters is 4. The maximum Gasteiger partial charge on any atom is 0.329 e. The summed E-state index contributed by atoms with van der Waals surface area (Å²) in [4.78, 5) is 122. The highest BCUT2D eigenvalue weighted by Gasteiger charge is 2.43. The highest BCUT2D eigenvalue weighted by atomic mass is 35.5. The Morgan fingerprint density at radius 3 is 0.915 bits per heavy atom.